The summed E-state index contributed by atoms with van der Waals surface area (Å²) in [5, 5.41) is 30.5. The molecule has 1 fully saturated rings. The Hall–Kier alpha value is -3.22. The predicted molar refractivity (Wildman–Crippen MR) is 152 cm³/mol. The molecule has 1 heterocycles. The normalized spacial score (nSPS) is 22.5. The molecule has 2 aromatic carbocycles. The van der Waals surface area contributed by atoms with Gasteiger partial charge in [0.1, 0.15) is 23.9 Å². The largest absolute Gasteiger partial charge is 0.508 e. The van der Waals surface area contributed by atoms with E-state index >= 15 is 0 Å². The van der Waals surface area contributed by atoms with Crippen molar-refractivity contribution < 1.29 is 29.4 Å². The molecule has 1 saturated heterocycles. The molecule has 3 rings (SSSR count). The molecule has 10 nitrogen and oxygen atoms in total. The minimum absolute atomic E-state index is 0.120. The maximum absolute atomic E-state index is 13.4. The van der Waals surface area contributed by atoms with Gasteiger partial charge in [-0.2, -0.15) is 0 Å². The highest BCUT2D eigenvalue weighted by Crippen LogP contribution is 2.39. The molecule has 0 aromatic heterocycles. The first-order valence-corrected chi connectivity index (χ1v) is 14.8. The van der Waals surface area contributed by atoms with Crippen molar-refractivity contribution in [3.8, 4) is 5.75 Å². The summed E-state index contributed by atoms with van der Waals surface area (Å²) in [4.78, 5) is 52.0. The summed E-state index contributed by atoms with van der Waals surface area (Å²) < 4.78 is -0.919. The van der Waals surface area contributed by atoms with E-state index in [1.165, 1.54) is 33.7 Å². The number of rotatable bonds is 8. The van der Waals surface area contributed by atoms with E-state index in [-0.39, 0.29) is 17.9 Å². The van der Waals surface area contributed by atoms with Gasteiger partial charge in [-0.15, -0.1) is 0 Å². The SMILES string of the molecule is CN[C@@H](Cc1ccc(O)cc1)C(=O)N[C@@H]1CSSC(C)(C)[C@H](C(=O)O)NC(=O)[C@H](Cc2ccccc2)NC1=O. The highest BCUT2D eigenvalue weighted by molar-refractivity contribution is 8.77. The van der Waals surface area contributed by atoms with Crippen LogP contribution in [0.25, 0.3) is 0 Å². The van der Waals surface area contributed by atoms with Crippen LogP contribution < -0.4 is 21.3 Å². The summed E-state index contributed by atoms with van der Waals surface area (Å²) in [6.45, 7) is 3.43. The zero-order valence-electron chi connectivity index (χ0n) is 22.0. The van der Waals surface area contributed by atoms with Crippen LogP contribution in [0.2, 0.25) is 0 Å². The molecule has 1 aliphatic rings. The highest BCUT2D eigenvalue weighted by Gasteiger charge is 2.40. The highest BCUT2D eigenvalue weighted by atomic mass is 33.1. The van der Waals surface area contributed by atoms with E-state index in [1.807, 2.05) is 30.3 Å². The van der Waals surface area contributed by atoms with Crippen LogP contribution in [0.1, 0.15) is 25.0 Å². The first kappa shape index (κ1) is 30.3. The Balaban J connectivity index is 1.84. The molecule has 0 radical (unpaired) electrons. The molecule has 210 valence electrons. The van der Waals surface area contributed by atoms with Crippen molar-refractivity contribution in [2.24, 2.45) is 0 Å². The summed E-state index contributed by atoms with van der Waals surface area (Å²) in [7, 11) is 4.12. The van der Waals surface area contributed by atoms with E-state index in [9.17, 15) is 29.4 Å². The van der Waals surface area contributed by atoms with Crippen LogP contribution in [0.3, 0.4) is 0 Å². The quantitative estimate of drug-likeness (QED) is 0.257. The molecule has 4 atom stereocenters. The molecule has 2 aromatic rings. The van der Waals surface area contributed by atoms with Gasteiger partial charge < -0.3 is 31.5 Å². The summed E-state index contributed by atoms with van der Waals surface area (Å²) in [6, 6.07) is 11.7. The van der Waals surface area contributed by atoms with Crippen molar-refractivity contribution in [3.63, 3.8) is 0 Å². The first-order valence-electron chi connectivity index (χ1n) is 12.4. The second-order valence-corrected chi connectivity index (χ2v) is 12.8. The summed E-state index contributed by atoms with van der Waals surface area (Å²) in [6.07, 6.45) is 0.470. The molecule has 39 heavy (non-hydrogen) atoms. The van der Waals surface area contributed by atoms with Crippen molar-refractivity contribution in [1.82, 2.24) is 21.3 Å². The van der Waals surface area contributed by atoms with Crippen LogP contribution >= 0.6 is 21.6 Å². The van der Waals surface area contributed by atoms with Crippen molar-refractivity contribution in [3.05, 3.63) is 65.7 Å². The second kappa shape index (κ2) is 13.7. The molecular formula is C27H34N4O6S2. The number of carboxylic acid groups (broad SMARTS) is 1. The maximum atomic E-state index is 13.4. The lowest BCUT2D eigenvalue weighted by Gasteiger charge is -2.31. The number of aliphatic carboxylic acids is 1. The number of carboxylic acids is 1. The molecular weight excluding hydrogens is 540 g/mol. The number of carbonyl (C=O) groups excluding carboxylic acids is 3. The van der Waals surface area contributed by atoms with Crippen LogP contribution in [0, 0.1) is 0 Å². The molecule has 0 bridgehead atoms. The third-order valence-corrected chi connectivity index (χ3v) is 9.63. The minimum Gasteiger partial charge on any atom is -0.508 e. The first-order chi connectivity index (χ1) is 18.5. The average molecular weight is 575 g/mol. The molecule has 12 heteroatoms. The van der Waals surface area contributed by atoms with Gasteiger partial charge in [0.2, 0.25) is 17.7 Å². The number of phenols is 1. The van der Waals surface area contributed by atoms with E-state index < -0.39 is 52.6 Å². The topological polar surface area (TPSA) is 157 Å². The summed E-state index contributed by atoms with van der Waals surface area (Å²) >= 11 is 0. The Bertz CT molecular complexity index is 1160. The van der Waals surface area contributed by atoms with Gasteiger partial charge in [-0.25, -0.2) is 4.79 Å². The summed E-state index contributed by atoms with van der Waals surface area (Å²) in [5.74, 6) is -2.47. The fourth-order valence-corrected chi connectivity index (χ4v) is 6.87. The average Bonchev–Trinajstić information content (AvgIpc) is 2.91. The molecule has 0 saturated carbocycles. The number of hydrogen-bond acceptors (Lipinski definition) is 8. The Labute approximate surface area is 235 Å². The van der Waals surface area contributed by atoms with Crippen LogP contribution in [0.15, 0.2) is 54.6 Å². The van der Waals surface area contributed by atoms with Gasteiger partial charge in [-0.3, -0.25) is 14.4 Å². The fourth-order valence-electron chi connectivity index (χ4n) is 4.06. The van der Waals surface area contributed by atoms with Gasteiger partial charge in [0.15, 0.2) is 0 Å². The Morgan fingerprint density at radius 2 is 1.69 bits per heavy atom. The number of likely N-dealkylation sites (N-methyl/N-ethyl adjacent to an activating group) is 1. The minimum atomic E-state index is -1.21. The van der Waals surface area contributed by atoms with Crippen molar-refractivity contribution in [2.75, 3.05) is 12.8 Å². The zero-order chi connectivity index (χ0) is 28.6. The number of phenolic OH excluding ortho intramolecular Hbond substituents is 1. The van der Waals surface area contributed by atoms with Gasteiger partial charge in [-0.05, 0) is 50.6 Å². The lowest BCUT2D eigenvalue weighted by Crippen LogP contribution is -2.60. The van der Waals surface area contributed by atoms with E-state index in [4.69, 9.17) is 0 Å². The van der Waals surface area contributed by atoms with Gasteiger partial charge in [0.25, 0.3) is 0 Å². The lowest BCUT2D eigenvalue weighted by molar-refractivity contribution is -0.143. The van der Waals surface area contributed by atoms with Crippen molar-refractivity contribution >= 4 is 45.3 Å². The van der Waals surface area contributed by atoms with Crippen LogP contribution in [0.5, 0.6) is 5.75 Å². The standard InChI is InChI=1S/C27H34N4O6S2/c1-27(2)22(26(36)37)31-24(34)20(14-16-7-5-4-6-8-16)29-25(35)21(15-38-39-27)30-23(33)19(28-3)13-17-9-11-18(32)12-10-17/h4-12,19-22,28,32H,13-15H2,1-3H3,(H,29,35)(H,30,33)(H,31,34)(H,36,37)/t19-,20-,21+,22-/m0/s1. The van der Waals surface area contributed by atoms with E-state index in [0.717, 1.165) is 11.1 Å². The fraction of sp³-hybridized carbons (Fsp3) is 0.407. The van der Waals surface area contributed by atoms with Crippen LogP contribution in [-0.4, -0.2) is 75.6 Å². The monoisotopic (exact) mass is 574 g/mol. The molecule has 0 spiro atoms. The molecule has 0 aliphatic carbocycles. The predicted octanol–water partition coefficient (Wildman–Crippen LogP) is 1.48. The number of amides is 3. The van der Waals surface area contributed by atoms with Gasteiger partial charge in [0.05, 0.1) is 10.8 Å². The van der Waals surface area contributed by atoms with Crippen molar-refractivity contribution in [2.45, 2.75) is 55.6 Å². The maximum Gasteiger partial charge on any atom is 0.327 e. The van der Waals surface area contributed by atoms with Gasteiger partial charge >= 0.3 is 5.97 Å². The van der Waals surface area contributed by atoms with Gasteiger partial charge in [-0.1, -0.05) is 64.1 Å². The number of nitrogens with one attached hydrogen (secondary N) is 4. The summed E-state index contributed by atoms with van der Waals surface area (Å²) in [5.41, 5.74) is 1.60. The molecule has 3 amide bonds. The Morgan fingerprint density at radius 3 is 2.31 bits per heavy atom. The Kier molecular flexibility index (Phi) is 10.7. The molecule has 6 N–H and O–H groups in total. The van der Waals surface area contributed by atoms with Crippen LogP contribution in [0.4, 0.5) is 0 Å². The molecule has 1 aliphatic heterocycles. The number of benzene rings is 2. The smallest absolute Gasteiger partial charge is 0.327 e. The number of aromatic hydroxyl groups is 1. The van der Waals surface area contributed by atoms with Crippen LogP contribution in [-0.2, 0) is 32.0 Å². The third-order valence-electron chi connectivity index (χ3n) is 6.33. The van der Waals surface area contributed by atoms with E-state index in [0.29, 0.717) is 6.42 Å². The Morgan fingerprint density at radius 1 is 1.03 bits per heavy atom. The number of hydrogen-bond donors (Lipinski definition) is 6. The number of carbonyl (C=O) groups is 4. The van der Waals surface area contributed by atoms with Gasteiger partial charge in [0, 0.05) is 12.2 Å². The van der Waals surface area contributed by atoms with E-state index in [2.05, 4.69) is 21.3 Å². The molecule has 0 unspecified atom stereocenters. The van der Waals surface area contributed by atoms with E-state index in [1.54, 1.807) is 33.0 Å². The second-order valence-electron chi connectivity index (χ2n) is 9.78. The van der Waals surface area contributed by atoms with Crippen molar-refractivity contribution in [1.29, 1.82) is 0 Å². The lowest BCUT2D eigenvalue weighted by atomic mass is 10.0. The zero-order valence-corrected chi connectivity index (χ0v) is 23.6. The third kappa shape index (κ3) is 8.64.